The van der Waals surface area contributed by atoms with E-state index < -0.39 is 0 Å². The van der Waals surface area contributed by atoms with Gasteiger partial charge in [0.15, 0.2) is 0 Å². The van der Waals surface area contributed by atoms with Crippen LogP contribution in [-0.4, -0.2) is 46.5 Å². The molecule has 4 rings (SSSR count). The van der Waals surface area contributed by atoms with Crippen molar-refractivity contribution in [1.82, 2.24) is 14.7 Å². The van der Waals surface area contributed by atoms with Crippen molar-refractivity contribution >= 4 is 11.7 Å². The number of nitrogens with zero attached hydrogens (tertiary/aromatic N) is 3. The first-order valence-electron chi connectivity index (χ1n) is 8.51. The van der Waals surface area contributed by atoms with E-state index in [1.165, 1.54) is 12.8 Å². The number of hydrogen-bond donors (Lipinski definition) is 1. The molecular weight excluding hydrogens is 304 g/mol. The molecule has 1 aromatic heterocycles. The van der Waals surface area contributed by atoms with Crippen LogP contribution in [0.5, 0.6) is 0 Å². The average Bonchev–Trinajstić information content (AvgIpc) is 3.34. The van der Waals surface area contributed by atoms with Crippen molar-refractivity contribution in [2.24, 2.45) is 5.92 Å². The SMILES string of the molecule is O=C(Nc1ccc(Cn2cccn2)cc1)N1CCOC[C@@H]1C1CC1. The second-order valence-corrected chi connectivity index (χ2v) is 6.50. The molecule has 1 saturated carbocycles. The van der Waals surface area contributed by atoms with Gasteiger partial charge in [0, 0.05) is 24.6 Å². The van der Waals surface area contributed by atoms with Crippen LogP contribution in [0, 0.1) is 5.92 Å². The van der Waals surface area contributed by atoms with E-state index in [9.17, 15) is 4.79 Å². The molecule has 2 heterocycles. The third kappa shape index (κ3) is 3.43. The Bertz CT molecular complexity index is 680. The van der Waals surface area contributed by atoms with Crippen molar-refractivity contribution in [3.63, 3.8) is 0 Å². The molecule has 1 atom stereocenters. The predicted octanol–water partition coefficient (Wildman–Crippen LogP) is 2.57. The Hall–Kier alpha value is -2.34. The quantitative estimate of drug-likeness (QED) is 0.939. The average molecular weight is 326 g/mol. The molecular formula is C18H22N4O2. The Kier molecular flexibility index (Phi) is 4.21. The summed E-state index contributed by atoms with van der Waals surface area (Å²) >= 11 is 0. The molecule has 24 heavy (non-hydrogen) atoms. The Morgan fingerprint density at radius 2 is 2.12 bits per heavy atom. The molecule has 2 amide bonds. The fourth-order valence-electron chi connectivity index (χ4n) is 3.22. The van der Waals surface area contributed by atoms with Gasteiger partial charge in [-0.1, -0.05) is 12.1 Å². The summed E-state index contributed by atoms with van der Waals surface area (Å²) < 4.78 is 7.43. The number of amides is 2. The van der Waals surface area contributed by atoms with Gasteiger partial charge in [0.2, 0.25) is 0 Å². The summed E-state index contributed by atoms with van der Waals surface area (Å²) in [6.07, 6.45) is 6.12. The van der Waals surface area contributed by atoms with E-state index in [2.05, 4.69) is 10.4 Å². The topological polar surface area (TPSA) is 59.4 Å². The number of carbonyl (C=O) groups excluding carboxylic acids is 1. The van der Waals surface area contributed by atoms with Crippen LogP contribution in [0.15, 0.2) is 42.7 Å². The van der Waals surface area contributed by atoms with Crippen LogP contribution in [0.4, 0.5) is 10.5 Å². The minimum absolute atomic E-state index is 0.0185. The van der Waals surface area contributed by atoms with Gasteiger partial charge in [0.05, 0.1) is 25.8 Å². The molecule has 0 bridgehead atoms. The molecule has 126 valence electrons. The zero-order valence-electron chi connectivity index (χ0n) is 13.6. The summed E-state index contributed by atoms with van der Waals surface area (Å²) in [4.78, 5) is 14.5. The van der Waals surface area contributed by atoms with Crippen molar-refractivity contribution in [2.45, 2.75) is 25.4 Å². The molecule has 1 N–H and O–H groups in total. The Labute approximate surface area is 141 Å². The zero-order chi connectivity index (χ0) is 16.4. The van der Waals surface area contributed by atoms with Crippen molar-refractivity contribution in [3.05, 3.63) is 48.3 Å². The number of hydrogen-bond acceptors (Lipinski definition) is 3. The highest BCUT2D eigenvalue weighted by molar-refractivity contribution is 5.89. The molecule has 2 aliphatic rings. The van der Waals surface area contributed by atoms with Crippen LogP contribution in [-0.2, 0) is 11.3 Å². The van der Waals surface area contributed by atoms with Crippen LogP contribution in [0.25, 0.3) is 0 Å². The Morgan fingerprint density at radius 1 is 1.29 bits per heavy atom. The van der Waals surface area contributed by atoms with Crippen molar-refractivity contribution < 1.29 is 9.53 Å². The van der Waals surface area contributed by atoms with E-state index in [0.717, 1.165) is 17.8 Å². The van der Waals surface area contributed by atoms with Crippen molar-refractivity contribution in [2.75, 3.05) is 25.1 Å². The Morgan fingerprint density at radius 3 is 2.83 bits per heavy atom. The number of aromatic nitrogens is 2. The van der Waals surface area contributed by atoms with Gasteiger partial charge in [-0.05, 0) is 42.5 Å². The van der Waals surface area contributed by atoms with Gasteiger partial charge in [-0.2, -0.15) is 5.10 Å². The molecule has 0 radical (unpaired) electrons. The number of urea groups is 1. The minimum atomic E-state index is -0.0185. The summed E-state index contributed by atoms with van der Waals surface area (Å²) in [7, 11) is 0. The summed E-state index contributed by atoms with van der Waals surface area (Å²) in [6, 6.07) is 10.1. The molecule has 2 fully saturated rings. The van der Waals surface area contributed by atoms with E-state index in [1.807, 2.05) is 46.1 Å². The second kappa shape index (κ2) is 6.65. The van der Waals surface area contributed by atoms with Crippen LogP contribution >= 0.6 is 0 Å². The summed E-state index contributed by atoms with van der Waals surface area (Å²) in [5, 5.41) is 7.22. The lowest BCUT2D eigenvalue weighted by atomic mass is 10.1. The first kappa shape index (κ1) is 15.2. The van der Waals surface area contributed by atoms with E-state index >= 15 is 0 Å². The van der Waals surface area contributed by atoms with Crippen molar-refractivity contribution in [1.29, 1.82) is 0 Å². The number of nitrogens with one attached hydrogen (secondary N) is 1. The first-order chi connectivity index (χ1) is 11.8. The fraction of sp³-hybridized carbons (Fsp3) is 0.444. The van der Waals surface area contributed by atoms with E-state index in [-0.39, 0.29) is 12.1 Å². The fourth-order valence-corrected chi connectivity index (χ4v) is 3.22. The highest BCUT2D eigenvalue weighted by Crippen LogP contribution is 2.36. The number of rotatable bonds is 4. The summed E-state index contributed by atoms with van der Waals surface area (Å²) in [5.74, 6) is 0.618. The largest absolute Gasteiger partial charge is 0.377 e. The van der Waals surface area contributed by atoms with Crippen LogP contribution in [0.2, 0.25) is 0 Å². The first-order valence-corrected chi connectivity index (χ1v) is 8.51. The monoisotopic (exact) mass is 326 g/mol. The van der Waals surface area contributed by atoms with Gasteiger partial charge in [0.1, 0.15) is 0 Å². The third-order valence-electron chi connectivity index (χ3n) is 4.70. The highest BCUT2D eigenvalue weighted by Gasteiger charge is 2.39. The van der Waals surface area contributed by atoms with Gasteiger partial charge in [-0.3, -0.25) is 4.68 Å². The number of ether oxygens (including phenoxy) is 1. The van der Waals surface area contributed by atoms with E-state index in [0.29, 0.717) is 25.7 Å². The Balaban J connectivity index is 1.38. The lowest BCUT2D eigenvalue weighted by molar-refractivity contribution is 0.00773. The van der Waals surface area contributed by atoms with Crippen LogP contribution < -0.4 is 5.32 Å². The maximum absolute atomic E-state index is 12.6. The van der Waals surface area contributed by atoms with E-state index in [1.54, 1.807) is 6.20 Å². The zero-order valence-corrected chi connectivity index (χ0v) is 13.6. The minimum Gasteiger partial charge on any atom is -0.377 e. The molecule has 1 aliphatic heterocycles. The third-order valence-corrected chi connectivity index (χ3v) is 4.70. The van der Waals surface area contributed by atoms with Crippen LogP contribution in [0.1, 0.15) is 18.4 Å². The molecule has 1 aromatic carbocycles. The molecule has 6 heteroatoms. The smallest absolute Gasteiger partial charge is 0.322 e. The number of anilines is 1. The molecule has 2 aromatic rings. The maximum Gasteiger partial charge on any atom is 0.322 e. The molecule has 0 spiro atoms. The lowest BCUT2D eigenvalue weighted by Crippen LogP contribution is -2.51. The second-order valence-electron chi connectivity index (χ2n) is 6.50. The lowest BCUT2D eigenvalue weighted by Gasteiger charge is -2.35. The number of benzene rings is 1. The van der Waals surface area contributed by atoms with Gasteiger partial charge in [-0.15, -0.1) is 0 Å². The molecule has 1 saturated heterocycles. The van der Waals surface area contributed by atoms with Gasteiger partial charge < -0.3 is 15.0 Å². The van der Waals surface area contributed by atoms with Gasteiger partial charge >= 0.3 is 6.03 Å². The number of morpholine rings is 1. The highest BCUT2D eigenvalue weighted by atomic mass is 16.5. The molecule has 6 nitrogen and oxygen atoms in total. The molecule has 1 aliphatic carbocycles. The normalized spacial score (nSPS) is 20.8. The van der Waals surface area contributed by atoms with Gasteiger partial charge in [0.25, 0.3) is 0 Å². The van der Waals surface area contributed by atoms with Gasteiger partial charge in [-0.25, -0.2) is 4.79 Å². The van der Waals surface area contributed by atoms with Crippen LogP contribution in [0.3, 0.4) is 0 Å². The summed E-state index contributed by atoms with van der Waals surface area (Å²) in [6.45, 7) is 2.69. The van der Waals surface area contributed by atoms with E-state index in [4.69, 9.17) is 4.74 Å². The van der Waals surface area contributed by atoms with Crippen molar-refractivity contribution in [3.8, 4) is 0 Å². The number of carbonyl (C=O) groups is 1. The predicted molar refractivity (Wildman–Crippen MR) is 90.8 cm³/mol. The molecule has 0 unspecified atom stereocenters. The maximum atomic E-state index is 12.6. The standard InChI is InChI=1S/C18H22N4O2/c23-18(22-10-11-24-13-17(22)15-4-5-15)20-16-6-2-14(3-7-16)12-21-9-1-8-19-21/h1-3,6-9,15,17H,4-5,10-13H2,(H,20,23)/t17-/m1/s1. The summed E-state index contributed by atoms with van der Waals surface area (Å²) in [5.41, 5.74) is 1.98.